The Morgan fingerprint density at radius 3 is 2.12 bits per heavy atom. The Balaban J connectivity index is 1.76. The van der Waals surface area contributed by atoms with Gasteiger partial charge in [-0.3, -0.25) is 0 Å². The molecule has 0 amide bonds. The Morgan fingerprint density at radius 2 is 1.50 bits per heavy atom. The van der Waals surface area contributed by atoms with E-state index in [-0.39, 0.29) is 10.8 Å². The largest absolute Gasteiger partial charge is 0.492 e. The number of nitrogens with zero attached hydrogens (tertiary/aromatic N) is 2. The van der Waals surface area contributed by atoms with Crippen molar-refractivity contribution in [2.45, 2.75) is 58.9 Å². The van der Waals surface area contributed by atoms with Crippen molar-refractivity contribution in [1.82, 2.24) is 9.55 Å². The number of benzene rings is 2. The smallest absolute Gasteiger partial charge is 0.119 e. The van der Waals surface area contributed by atoms with Crippen molar-refractivity contribution in [3.8, 4) is 5.75 Å². The van der Waals surface area contributed by atoms with E-state index in [1.165, 1.54) is 11.1 Å². The van der Waals surface area contributed by atoms with Gasteiger partial charge in [0.25, 0.3) is 0 Å². The number of ether oxygens (including phenoxy) is 1. The standard InChI is InChI=1S/C23H30N2O/c1-22(2,3)17-11-13-18(14-12-17)26-16-15-25-20-10-8-7-9-19(20)24-21(25)23(4,5)6/h7-14H,15-16H2,1-6H3. The minimum Gasteiger partial charge on any atom is -0.492 e. The Hall–Kier alpha value is -2.29. The molecule has 1 heterocycles. The molecule has 1 aromatic heterocycles. The molecule has 0 aliphatic carbocycles. The SMILES string of the molecule is CC(C)(C)c1ccc(OCCn2c(C(C)(C)C)nc3ccccc32)cc1. The van der Waals surface area contributed by atoms with Gasteiger partial charge in [0.2, 0.25) is 0 Å². The molecule has 0 saturated carbocycles. The van der Waals surface area contributed by atoms with E-state index in [1.54, 1.807) is 0 Å². The summed E-state index contributed by atoms with van der Waals surface area (Å²) in [5, 5.41) is 0. The highest BCUT2D eigenvalue weighted by molar-refractivity contribution is 5.76. The first kappa shape index (κ1) is 18.5. The summed E-state index contributed by atoms with van der Waals surface area (Å²) in [6.45, 7) is 14.7. The first-order valence-corrected chi connectivity index (χ1v) is 9.35. The molecule has 0 spiro atoms. The lowest BCUT2D eigenvalue weighted by atomic mass is 9.87. The second-order valence-corrected chi connectivity index (χ2v) is 8.95. The lowest BCUT2D eigenvalue weighted by Crippen LogP contribution is -2.21. The van der Waals surface area contributed by atoms with Crippen LogP contribution >= 0.6 is 0 Å². The molecule has 0 saturated heterocycles. The van der Waals surface area contributed by atoms with Crippen LogP contribution in [0.2, 0.25) is 0 Å². The topological polar surface area (TPSA) is 27.1 Å². The maximum absolute atomic E-state index is 6.01. The molecule has 3 rings (SSSR count). The molecule has 3 aromatic rings. The van der Waals surface area contributed by atoms with Crippen molar-refractivity contribution < 1.29 is 4.74 Å². The van der Waals surface area contributed by atoms with Gasteiger partial charge in [0, 0.05) is 5.41 Å². The first-order valence-electron chi connectivity index (χ1n) is 9.35. The average molecular weight is 351 g/mol. The van der Waals surface area contributed by atoms with Crippen molar-refractivity contribution in [3.63, 3.8) is 0 Å². The predicted octanol–water partition coefficient (Wildman–Crippen LogP) is 5.71. The minimum atomic E-state index is -0.00657. The van der Waals surface area contributed by atoms with Gasteiger partial charge >= 0.3 is 0 Å². The van der Waals surface area contributed by atoms with Gasteiger partial charge in [-0.25, -0.2) is 4.98 Å². The van der Waals surface area contributed by atoms with Crippen LogP contribution in [0.5, 0.6) is 5.75 Å². The number of hydrogen-bond acceptors (Lipinski definition) is 2. The van der Waals surface area contributed by atoms with Crippen LogP contribution in [0.3, 0.4) is 0 Å². The van der Waals surface area contributed by atoms with Gasteiger partial charge < -0.3 is 9.30 Å². The Kier molecular flexibility index (Phi) is 4.83. The summed E-state index contributed by atoms with van der Waals surface area (Å²) in [5.74, 6) is 2.02. The summed E-state index contributed by atoms with van der Waals surface area (Å²) in [6, 6.07) is 16.8. The predicted molar refractivity (Wildman–Crippen MR) is 109 cm³/mol. The average Bonchev–Trinajstić information content (AvgIpc) is 2.94. The van der Waals surface area contributed by atoms with E-state index >= 15 is 0 Å². The summed E-state index contributed by atoms with van der Waals surface area (Å²) < 4.78 is 8.31. The molecule has 3 nitrogen and oxygen atoms in total. The van der Waals surface area contributed by atoms with Gasteiger partial charge in [-0.1, -0.05) is 65.8 Å². The molecule has 138 valence electrons. The third-order valence-corrected chi connectivity index (χ3v) is 4.63. The molecular formula is C23H30N2O. The Morgan fingerprint density at radius 1 is 0.846 bits per heavy atom. The van der Waals surface area contributed by atoms with E-state index in [1.807, 2.05) is 6.07 Å². The second-order valence-electron chi connectivity index (χ2n) is 8.95. The quantitative estimate of drug-likeness (QED) is 0.602. The fourth-order valence-corrected chi connectivity index (χ4v) is 3.18. The first-order chi connectivity index (χ1) is 12.2. The highest BCUT2D eigenvalue weighted by Gasteiger charge is 2.22. The summed E-state index contributed by atoms with van der Waals surface area (Å²) in [5.41, 5.74) is 3.69. The molecule has 0 unspecified atom stereocenters. The lowest BCUT2D eigenvalue weighted by molar-refractivity contribution is 0.294. The van der Waals surface area contributed by atoms with E-state index in [9.17, 15) is 0 Å². The van der Waals surface area contributed by atoms with Gasteiger partial charge in [0.05, 0.1) is 17.6 Å². The highest BCUT2D eigenvalue weighted by atomic mass is 16.5. The van der Waals surface area contributed by atoms with Crippen LogP contribution in [0.15, 0.2) is 48.5 Å². The van der Waals surface area contributed by atoms with Crippen molar-refractivity contribution in [2.75, 3.05) is 6.61 Å². The minimum absolute atomic E-state index is 0.00657. The molecule has 0 radical (unpaired) electrons. The summed E-state index contributed by atoms with van der Waals surface area (Å²) in [4.78, 5) is 4.86. The molecule has 2 aromatic carbocycles. The molecule has 3 heteroatoms. The summed E-state index contributed by atoms with van der Waals surface area (Å²) in [6.07, 6.45) is 0. The van der Waals surface area contributed by atoms with E-state index < -0.39 is 0 Å². The number of rotatable bonds is 4. The van der Waals surface area contributed by atoms with Crippen molar-refractivity contribution in [3.05, 3.63) is 59.9 Å². The van der Waals surface area contributed by atoms with E-state index in [0.29, 0.717) is 6.61 Å². The normalized spacial score (nSPS) is 12.5. The number of imidazole rings is 1. The van der Waals surface area contributed by atoms with Gasteiger partial charge in [0.15, 0.2) is 0 Å². The monoisotopic (exact) mass is 350 g/mol. The van der Waals surface area contributed by atoms with Crippen molar-refractivity contribution >= 4 is 11.0 Å². The second kappa shape index (κ2) is 6.79. The van der Waals surface area contributed by atoms with E-state index in [4.69, 9.17) is 9.72 Å². The van der Waals surface area contributed by atoms with Crippen LogP contribution in [-0.4, -0.2) is 16.2 Å². The zero-order chi connectivity index (χ0) is 18.9. The molecular weight excluding hydrogens is 320 g/mol. The molecule has 26 heavy (non-hydrogen) atoms. The number of fused-ring (bicyclic) bond motifs is 1. The van der Waals surface area contributed by atoms with E-state index in [0.717, 1.165) is 23.6 Å². The summed E-state index contributed by atoms with van der Waals surface area (Å²) >= 11 is 0. The Labute approximate surface area is 157 Å². The molecule has 0 fully saturated rings. The van der Waals surface area contributed by atoms with E-state index in [2.05, 4.69) is 88.6 Å². The number of aromatic nitrogens is 2. The van der Waals surface area contributed by atoms with Crippen LogP contribution in [-0.2, 0) is 17.4 Å². The van der Waals surface area contributed by atoms with Gasteiger partial charge in [0.1, 0.15) is 18.2 Å². The lowest BCUT2D eigenvalue weighted by Gasteiger charge is -2.21. The van der Waals surface area contributed by atoms with Crippen molar-refractivity contribution in [1.29, 1.82) is 0 Å². The maximum Gasteiger partial charge on any atom is 0.119 e. The fraction of sp³-hybridized carbons (Fsp3) is 0.435. The molecule has 0 atom stereocenters. The van der Waals surface area contributed by atoms with Gasteiger partial charge in [-0.15, -0.1) is 0 Å². The van der Waals surface area contributed by atoms with Crippen LogP contribution in [0.25, 0.3) is 11.0 Å². The third kappa shape index (κ3) is 3.92. The number of hydrogen-bond donors (Lipinski definition) is 0. The van der Waals surface area contributed by atoms with Gasteiger partial charge in [-0.05, 0) is 35.2 Å². The fourth-order valence-electron chi connectivity index (χ4n) is 3.18. The zero-order valence-electron chi connectivity index (χ0n) is 16.8. The number of para-hydroxylation sites is 2. The highest BCUT2D eigenvalue weighted by Crippen LogP contribution is 2.27. The Bertz CT molecular complexity index is 877. The summed E-state index contributed by atoms with van der Waals surface area (Å²) in [7, 11) is 0. The maximum atomic E-state index is 6.01. The zero-order valence-corrected chi connectivity index (χ0v) is 16.8. The van der Waals surface area contributed by atoms with Crippen LogP contribution in [0, 0.1) is 0 Å². The molecule has 0 aliphatic rings. The van der Waals surface area contributed by atoms with Crippen LogP contribution < -0.4 is 4.74 Å². The van der Waals surface area contributed by atoms with Crippen LogP contribution in [0.4, 0.5) is 0 Å². The van der Waals surface area contributed by atoms with Crippen LogP contribution in [0.1, 0.15) is 52.9 Å². The molecule has 0 aliphatic heterocycles. The third-order valence-electron chi connectivity index (χ3n) is 4.63. The molecule has 0 bridgehead atoms. The molecule has 0 N–H and O–H groups in total. The van der Waals surface area contributed by atoms with Gasteiger partial charge in [-0.2, -0.15) is 0 Å². The van der Waals surface area contributed by atoms with Crippen molar-refractivity contribution in [2.24, 2.45) is 0 Å².